The summed E-state index contributed by atoms with van der Waals surface area (Å²) in [5.74, 6) is -3.49. The van der Waals surface area contributed by atoms with Gasteiger partial charge in [0.2, 0.25) is 5.91 Å². The van der Waals surface area contributed by atoms with E-state index in [1.807, 2.05) is 30.3 Å². The summed E-state index contributed by atoms with van der Waals surface area (Å²) >= 11 is 1.11. The molecule has 182 valence electrons. The summed E-state index contributed by atoms with van der Waals surface area (Å²) in [6, 6.07) is 18.4. The van der Waals surface area contributed by atoms with Crippen molar-refractivity contribution in [1.82, 2.24) is 5.01 Å². The lowest BCUT2D eigenvalue weighted by molar-refractivity contribution is -0.121. The van der Waals surface area contributed by atoms with E-state index in [9.17, 15) is 22.8 Å². The molecule has 0 saturated carbocycles. The van der Waals surface area contributed by atoms with Gasteiger partial charge in [-0.15, -0.1) is 0 Å². The molecule has 5 rings (SSSR count). The Morgan fingerprint density at radius 1 is 1.00 bits per heavy atom. The molecule has 3 aromatic rings. The highest BCUT2D eigenvalue weighted by Gasteiger charge is 2.39. The van der Waals surface area contributed by atoms with E-state index in [1.165, 1.54) is 18.2 Å². The van der Waals surface area contributed by atoms with Crippen LogP contribution in [0.3, 0.4) is 0 Å². The van der Waals surface area contributed by atoms with Crippen LogP contribution < -0.4 is 5.32 Å². The fraction of sp³-hybridized carbons (Fsp3) is 0.154. The van der Waals surface area contributed by atoms with Crippen LogP contribution >= 0.6 is 11.8 Å². The molecule has 3 aromatic carbocycles. The Hall–Kier alpha value is -3.92. The monoisotopic (exact) mass is 508 g/mol. The molecule has 1 N–H and O–H groups in total. The van der Waals surface area contributed by atoms with Gasteiger partial charge in [0, 0.05) is 24.6 Å². The van der Waals surface area contributed by atoms with Crippen molar-refractivity contribution in [1.29, 1.82) is 0 Å². The minimum absolute atomic E-state index is 0.0866. The van der Waals surface area contributed by atoms with Crippen molar-refractivity contribution >= 4 is 40.1 Å². The first kappa shape index (κ1) is 23.8. The van der Waals surface area contributed by atoms with E-state index in [1.54, 1.807) is 17.1 Å². The van der Waals surface area contributed by atoms with Gasteiger partial charge in [-0.25, -0.2) is 18.2 Å². The van der Waals surface area contributed by atoms with Crippen LogP contribution in [0.15, 0.2) is 82.9 Å². The Kier molecular flexibility index (Phi) is 6.60. The maximum absolute atomic E-state index is 13.5. The van der Waals surface area contributed by atoms with Crippen molar-refractivity contribution in [3.63, 3.8) is 0 Å². The Morgan fingerprint density at radius 2 is 1.75 bits per heavy atom. The predicted molar refractivity (Wildman–Crippen MR) is 132 cm³/mol. The molecule has 0 radical (unpaired) electrons. The average molecular weight is 509 g/mol. The van der Waals surface area contributed by atoms with E-state index < -0.39 is 28.7 Å². The van der Waals surface area contributed by atoms with Gasteiger partial charge in [-0.05, 0) is 35.4 Å². The molecule has 36 heavy (non-hydrogen) atoms. The van der Waals surface area contributed by atoms with Crippen molar-refractivity contribution in [2.75, 3.05) is 5.32 Å². The second kappa shape index (κ2) is 9.98. The minimum Gasteiger partial charge on any atom is -0.326 e. The van der Waals surface area contributed by atoms with Crippen LogP contribution in [0, 0.1) is 17.5 Å². The van der Waals surface area contributed by atoms with Crippen molar-refractivity contribution in [2.24, 2.45) is 10.1 Å². The van der Waals surface area contributed by atoms with E-state index in [0.29, 0.717) is 11.6 Å². The quantitative estimate of drug-likeness (QED) is 0.509. The fourth-order valence-corrected chi connectivity index (χ4v) is 5.06. The van der Waals surface area contributed by atoms with Crippen molar-refractivity contribution in [2.45, 2.75) is 24.1 Å². The van der Waals surface area contributed by atoms with Crippen LogP contribution in [0.25, 0.3) is 0 Å². The summed E-state index contributed by atoms with van der Waals surface area (Å²) < 4.78 is 40.1. The molecule has 6 nitrogen and oxygen atoms in total. The smallest absolute Gasteiger partial charge is 0.262 e. The molecule has 0 aliphatic carbocycles. The van der Waals surface area contributed by atoms with Gasteiger partial charge in [0.15, 0.2) is 16.8 Å². The van der Waals surface area contributed by atoms with Gasteiger partial charge in [-0.1, -0.05) is 54.2 Å². The minimum atomic E-state index is -1.09. The summed E-state index contributed by atoms with van der Waals surface area (Å²) in [5, 5.41) is 8.39. The van der Waals surface area contributed by atoms with Gasteiger partial charge in [-0.2, -0.15) is 10.1 Å². The number of halogens is 3. The number of carbonyl (C=O) groups is 2. The number of hydrazone groups is 1. The van der Waals surface area contributed by atoms with Crippen molar-refractivity contribution in [3.8, 4) is 0 Å². The van der Waals surface area contributed by atoms with Crippen LogP contribution in [0.4, 0.5) is 18.9 Å². The zero-order valence-electron chi connectivity index (χ0n) is 18.7. The molecule has 2 aliphatic rings. The number of nitrogens with zero attached hydrogens (tertiary/aromatic N) is 3. The zero-order chi connectivity index (χ0) is 25.2. The van der Waals surface area contributed by atoms with Gasteiger partial charge in [0.25, 0.3) is 5.91 Å². The largest absolute Gasteiger partial charge is 0.326 e. The first-order valence-electron chi connectivity index (χ1n) is 11.1. The third-order valence-corrected chi connectivity index (χ3v) is 6.91. The number of carbonyl (C=O) groups excluding carboxylic acids is 2. The summed E-state index contributed by atoms with van der Waals surface area (Å²) in [5.41, 5.74) is 2.61. The maximum Gasteiger partial charge on any atom is 0.262 e. The number of amidine groups is 1. The fourth-order valence-electron chi connectivity index (χ4n) is 4.00. The third-order valence-electron chi connectivity index (χ3n) is 5.77. The number of nitrogens with one attached hydrogen (secondary N) is 1. The number of rotatable bonds is 5. The SMILES string of the molecule is O=C(C[C@H]1SC(N2N=C(c3ccccc3)C[C@@H]2c2ccc(F)cc2)=NC1=O)Nc1ccc(F)c(F)c1. The highest BCUT2D eigenvalue weighted by molar-refractivity contribution is 8.15. The summed E-state index contributed by atoms with van der Waals surface area (Å²) in [6.45, 7) is 0. The lowest BCUT2D eigenvalue weighted by atomic mass is 9.99. The molecule has 0 bridgehead atoms. The number of thioether (sulfide) groups is 1. The average Bonchev–Trinajstić information content (AvgIpc) is 3.46. The molecular weight excluding hydrogens is 489 g/mol. The van der Waals surface area contributed by atoms with Crippen LogP contribution in [0.1, 0.15) is 30.0 Å². The van der Waals surface area contributed by atoms with E-state index in [0.717, 1.165) is 40.7 Å². The normalized spacial score (nSPS) is 19.3. The topological polar surface area (TPSA) is 74.1 Å². The number of amides is 2. The van der Waals surface area contributed by atoms with E-state index in [-0.39, 0.29) is 24.0 Å². The zero-order valence-corrected chi connectivity index (χ0v) is 19.5. The van der Waals surface area contributed by atoms with Gasteiger partial charge in [-0.3, -0.25) is 9.59 Å². The van der Waals surface area contributed by atoms with Gasteiger partial charge < -0.3 is 5.32 Å². The Bertz CT molecular complexity index is 1380. The van der Waals surface area contributed by atoms with Crippen LogP contribution in [-0.2, 0) is 9.59 Å². The summed E-state index contributed by atoms with van der Waals surface area (Å²) in [4.78, 5) is 29.3. The molecule has 0 fully saturated rings. The molecule has 0 unspecified atom stereocenters. The summed E-state index contributed by atoms with van der Waals surface area (Å²) in [7, 11) is 0. The summed E-state index contributed by atoms with van der Waals surface area (Å²) in [6.07, 6.45) is 0.310. The molecule has 0 aromatic heterocycles. The number of anilines is 1. The van der Waals surface area contributed by atoms with Gasteiger partial charge >= 0.3 is 0 Å². The highest BCUT2D eigenvalue weighted by Crippen LogP contribution is 2.38. The molecule has 0 spiro atoms. The standard InChI is InChI=1S/C26H19F3N4O2S/c27-17-8-6-16(7-9-17)22-13-21(15-4-2-1-3-5-15)32-33(22)26-31-25(35)23(36-26)14-24(34)30-18-10-11-19(28)20(29)12-18/h1-12,22-23H,13-14H2,(H,30,34)/t22-,23-/m1/s1. The lowest BCUT2D eigenvalue weighted by Crippen LogP contribution is -2.25. The Balaban J connectivity index is 1.33. The Morgan fingerprint density at radius 3 is 2.47 bits per heavy atom. The molecule has 0 saturated heterocycles. The number of aliphatic imine (C=N–C) groups is 1. The predicted octanol–water partition coefficient (Wildman–Crippen LogP) is 5.28. The van der Waals surface area contributed by atoms with Crippen LogP contribution in [0.2, 0.25) is 0 Å². The Labute approximate surface area is 208 Å². The molecule has 2 aliphatic heterocycles. The van der Waals surface area contributed by atoms with Crippen molar-refractivity contribution < 1.29 is 22.8 Å². The third kappa shape index (κ3) is 5.03. The first-order valence-corrected chi connectivity index (χ1v) is 12.0. The van der Waals surface area contributed by atoms with Gasteiger partial charge in [0.05, 0.1) is 11.8 Å². The second-order valence-electron chi connectivity index (χ2n) is 8.25. The number of hydrogen-bond donors (Lipinski definition) is 1. The van der Waals surface area contributed by atoms with Crippen molar-refractivity contribution in [3.05, 3.63) is 101 Å². The molecular formula is C26H19F3N4O2S. The van der Waals surface area contributed by atoms with E-state index >= 15 is 0 Å². The molecule has 2 heterocycles. The van der Waals surface area contributed by atoms with Crippen LogP contribution in [-0.4, -0.2) is 33.0 Å². The molecule has 2 amide bonds. The molecule has 2 atom stereocenters. The molecule has 10 heteroatoms. The highest BCUT2D eigenvalue weighted by atomic mass is 32.2. The lowest BCUT2D eigenvalue weighted by Gasteiger charge is -2.23. The van der Waals surface area contributed by atoms with E-state index in [2.05, 4.69) is 10.3 Å². The maximum atomic E-state index is 13.5. The van der Waals surface area contributed by atoms with Gasteiger partial charge in [0.1, 0.15) is 11.1 Å². The van der Waals surface area contributed by atoms with E-state index in [4.69, 9.17) is 5.10 Å². The second-order valence-corrected chi connectivity index (χ2v) is 9.42. The first-order chi connectivity index (χ1) is 17.4. The van der Waals surface area contributed by atoms with Crippen LogP contribution in [0.5, 0.6) is 0 Å². The number of hydrogen-bond acceptors (Lipinski definition) is 5. The number of benzene rings is 3.